The third-order valence-corrected chi connectivity index (χ3v) is 5.94. The minimum absolute atomic E-state index is 0.207. The zero-order valence-electron chi connectivity index (χ0n) is 12.2. The van der Waals surface area contributed by atoms with Crippen LogP contribution in [0.4, 0.5) is 5.82 Å². The zero-order valence-corrected chi connectivity index (χ0v) is 13.0. The van der Waals surface area contributed by atoms with Crippen LogP contribution in [0.25, 0.3) is 10.2 Å². The van der Waals surface area contributed by atoms with Gasteiger partial charge in [0.15, 0.2) is 5.60 Å². The standard InChI is InChI=1S/C15H18N4O2S/c16-14(20)15(21)5-6-19(7-15)12-11-9-3-1-2-4-10(9)22-13(11)18-8-17-12/h8,21H,1-7H2,(H2,16,20)/t15-/m1/s1. The third kappa shape index (κ3) is 1.99. The van der Waals surface area contributed by atoms with Crippen molar-refractivity contribution in [1.29, 1.82) is 0 Å². The molecule has 2 aliphatic rings. The van der Waals surface area contributed by atoms with E-state index < -0.39 is 11.5 Å². The van der Waals surface area contributed by atoms with Crippen LogP contribution >= 0.6 is 11.3 Å². The number of nitrogens with zero attached hydrogens (tertiary/aromatic N) is 3. The maximum atomic E-state index is 11.5. The third-order valence-electron chi connectivity index (χ3n) is 4.74. The average molecular weight is 318 g/mol. The Hall–Kier alpha value is -1.73. The number of carbonyl (C=O) groups excluding carboxylic acids is 1. The molecule has 3 N–H and O–H groups in total. The number of rotatable bonds is 2. The van der Waals surface area contributed by atoms with Gasteiger partial charge in [-0.05, 0) is 31.2 Å². The number of primary amides is 1. The fourth-order valence-corrected chi connectivity index (χ4v) is 4.71. The lowest BCUT2D eigenvalue weighted by atomic mass is 9.97. The molecule has 6 nitrogen and oxygen atoms in total. The van der Waals surface area contributed by atoms with E-state index in [1.54, 1.807) is 17.7 Å². The normalized spacial score (nSPS) is 24.7. The predicted octanol–water partition coefficient (Wildman–Crippen LogP) is 0.997. The summed E-state index contributed by atoms with van der Waals surface area (Å²) in [4.78, 5) is 24.7. The molecule has 0 radical (unpaired) electrons. The number of fused-ring (bicyclic) bond motifs is 3. The summed E-state index contributed by atoms with van der Waals surface area (Å²) in [5.41, 5.74) is 5.24. The highest BCUT2D eigenvalue weighted by Crippen LogP contribution is 2.40. The summed E-state index contributed by atoms with van der Waals surface area (Å²) >= 11 is 1.75. The summed E-state index contributed by atoms with van der Waals surface area (Å²) in [5.74, 6) is 0.175. The van der Waals surface area contributed by atoms with Gasteiger partial charge >= 0.3 is 0 Å². The highest BCUT2D eigenvalue weighted by Gasteiger charge is 2.42. The lowest BCUT2D eigenvalue weighted by Gasteiger charge is -2.22. The van der Waals surface area contributed by atoms with E-state index in [2.05, 4.69) is 9.97 Å². The SMILES string of the molecule is NC(=O)[C@@]1(O)CCN(c2ncnc3sc4c(c23)CCCC4)C1. The molecular formula is C15H18N4O2S. The monoisotopic (exact) mass is 318 g/mol. The first-order valence-electron chi connectivity index (χ1n) is 7.61. The molecular weight excluding hydrogens is 300 g/mol. The van der Waals surface area contributed by atoms with E-state index in [1.165, 1.54) is 23.3 Å². The Labute approximate surface area is 132 Å². The van der Waals surface area contributed by atoms with E-state index in [1.807, 2.05) is 4.90 Å². The molecule has 1 amide bonds. The maximum Gasteiger partial charge on any atom is 0.251 e. The van der Waals surface area contributed by atoms with Crippen molar-refractivity contribution in [2.45, 2.75) is 37.7 Å². The molecule has 1 aliphatic carbocycles. The molecule has 1 aliphatic heterocycles. The topological polar surface area (TPSA) is 92.3 Å². The fraction of sp³-hybridized carbons (Fsp3) is 0.533. The Bertz CT molecular complexity index is 759. The summed E-state index contributed by atoms with van der Waals surface area (Å²) in [6.45, 7) is 0.787. The van der Waals surface area contributed by atoms with Crippen molar-refractivity contribution < 1.29 is 9.90 Å². The number of aromatic nitrogens is 2. The van der Waals surface area contributed by atoms with Crippen LogP contribution in [0.2, 0.25) is 0 Å². The second-order valence-electron chi connectivity index (χ2n) is 6.16. The van der Waals surface area contributed by atoms with Gasteiger partial charge in [-0.3, -0.25) is 4.79 Å². The molecule has 22 heavy (non-hydrogen) atoms. The number of aryl methyl sites for hydroxylation is 2. The molecule has 116 valence electrons. The van der Waals surface area contributed by atoms with E-state index in [-0.39, 0.29) is 6.54 Å². The summed E-state index contributed by atoms with van der Waals surface area (Å²) < 4.78 is 0. The van der Waals surface area contributed by atoms with E-state index >= 15 is 0 Å². The highest BCUT2D eigenvalue weighted by atomic mass is 32.1. The van der Waals surface area contributed by atoms with Gasteiger partial charge in [0.1, 0.15) is 17.0 Å². The first-order chi connectivity index (χ1) is 10.6. The van der Waals surface area contributed by atoms with Gasteiger partial charge in [0.05, 0.1) is 11.9 Å². The molecule has 1 saturated heterocycles. The van der Waals surface area contributed by atoms with E-state index in [0.29, 0.717) is 13.0 Å². The summed E-state index contributed by atoms with van der Waals surface area (Å²) in [6.07, 6.45) is 6.51. The highest BCUT2D eigenvalue weighted by molar-refractivity contribution is 7.19. The average Bonchev–Trinajstić information content (AvgIpc) is 3.08. The molecule has 0 saturated carbocycles. The Morgan fingerprint density at radius 2 is 2.18 bits per heavy atom. The van der Waals surface area contributed by atoms with Crippen molar-refractivity contribution in [2.75, 3.05) is 18.0 Å². The lowest BCUT2D eigenvalue weighted by Crippen LogP contribution is -2.46. The number of hydrogen-bond donors (Lipinski definition) is 2. The first-order valence-corrected chi connectivity index (χ1v) is 8.43. The molecule has 0 spiro atoms. The van der Waals surface area contributed by atoms with Crippen LogP contribution in [0.3, 0.4) is 0 Å². The maximum absolute atomic E-state index is 11.5. The molecule has 1 fully saturated rings. The van der Waals surface area contributed by atoms with E-state index in [4.69, 9.17) is 5.73 Å². The molecule has 7 heteroatoms. The van der Waals surface area contributed by atoms with Crippen molar-refractivity contribution in [1.82, 2.24) is 9.97 Å². The molecule has 0 aromatic carbocycles. The molecule has 2 aromatic heterocycles. The number of carbonyl (C=O) groups is 1. The summed E-state index contributed by atoms with van der Waals surface area (Å²) in [5, 5.41) is 11.4. The second kappa shape index (κ2) is 4.89. The number of thiophene rings is 1. The largest absolute Gasteiger partial charge is 0.378 e. The van der Waals surface area contributed by atoms with E-state index in [9.17, 15) is 9.90 Å². The van der Waals surface area contributed by atoms with E-state index in [0.717, 1.165) is 28.9 Å². The van der Waals surface area contributed by atoms with Crippen LogP contribution in [-0.4, -0.2) is 39.7 Å². The van der Waals surface area contributed by atoms with Crippen LogP contribution in [0.15, 0.2) is 6.33 Å². The van der Waals surface area contributed by atoms with Gasteiger partial charge in [0, 0.05) is 17.8 Å². The number of anilines is 1. The number of aliphatic hydroxyl groups is 1. The molecule has 0 unspecified atom stereocenters. The molecule has 2 aromatic rings. The van der Waals surface area contributed by atoms with Crippen LogP contribution < -0.4 is 10.6 Å². The molecule has 0 bridgehead atoms. The quantitative estimate of drug-likeness (QED) is 0.861. The zero-order chi connectivity index (χ0) is 15.3. The summed E-state index contributed by atoms with van der Waals surface area (Å²) in [7, 11) is 0. The number of β-amino-alcohol motifs (C(OH)–C–C–N with tert-alkyl or cyclic N) is 1. The van der Waals surface area contributed by atoms with Crippen LogP contribution in [0.1, 0.15) is 29.7 Å². The Balaban J connectivity index is 1.80. The van der Waals surface area contributed by atoms with Gasteiger partial charge < -0.3 is 15.7 Å². The fourth-order valence-electron chi connectivity index (χ4n) is 3.49. The predicted molar refractivity (Wildman–Crippen MR) is 85.0 cm³/mol. The van der Waals surface area contributed by atoms with Crippen molar-refractivity contribution in [3.63, 3.8) is 0 Å². The van der Waals surface area contributed by atoms with Crippen LogP contribution in [-0.2, 0) is 17.6 Å². The lowest BCUT2D eigenvalue weighted by molar-refractivity contribution is -0.134. The van der Waals surface area contributed by atoms with Gasteiger partial charge in [-0.1, -0.05) is 0 Å². The van der Waals surface area contributed by atoms with Crippen LogP contribution in [0.5, 0.6) is 0 Å². The Morgan fingerprint density at radius 1 is 1.36 bits per heavy atom. The van der Waals surface area contributed by atoms with Gasteiger partial charge in [-0.2, -0.15) is 0 Å². The second-order valence-corrected chi connectivity index (χ2v) is 7.24. The number of nitrogens with two attached hydrogens (primary N) is 1. The number of amides is 1. The minimum Gasteiger partial charge on any atom is -0.378 e. The smallest absolute Gasteiger partial charge is 0.251 e. The Kier molecular flexibility index (Phi) is 3.09. The molecule has 4 rings (SSSR count). The van der Waals surface area contributed by atoms with Crippen molar-refractivity contribution in [3.05, 3.63) is 16.8 Å². The van der Waals surface area contributed by atoms with Gasteiger partial charge in [0.2, 0.25) is 0 Å². The molecule has 3 heterocycles. The van der Waals surface area contributed by atoms with Crippen molar-refractivity contribution >= 4 is 33.3 Å². The van der Waals surface area contributed by atoms with Crippen molar-refractivity contribution in [3.8, 4) is 0 Å². The number of hydrogen-bond acceptors (Lipinski definition) is 6. The summed E-state index contributed by atoms with van der Waals surface area (Å²) in [6, 6.07) is 0. The minimum atomic E-state index is -1.45. The van der Waals surface area contributed by atoms with Gasteiger partial charge in [-0.15, -0.1) is 11.3 Å². The van der Waals surface area contributed by atoms with Crippen molar-refractivity contribution in [2.24, 2.45) is 5.73 Å². The van der Waals surface area contributed by atoms with Gasteiger partial charge in [0.25, 0.3) is 5.91 Å². The molecule has 1 atom stereocenters. The Morgan fingerprint density at radius 3 is 2.95 bits per heavy atom. The van der Waals surface area contributed by atoms with Gasteiger partial charge in [-0.25, -0.2) is 9.97 Å². The van der Waals surface area contributed by atoms with Crippen LogP contribution in [0, 0.1) is 0 Å². The first kappa shape index (κ1) is 13.9.